The molecule has 0 saturated carbocycles. The molecule has 0 aliphatic heterocycles. The number of nitrogens with one attached hydrogen (secondary N) is 3. The van der Waals surface area contributed by atoms with Gasteiger partial charge in [-0.25, -0.2) is 17.9 Å². The number of sulfonamides is 1. The van der Waals surface area contributed by atoms with Crippen LogP contribution >= 0.6 is 11.6 Å². The van der Waals surface area contributed by atoms with Crippen LogP contribution < -0.4 is 10.0 Å². The zero-order valence-electron chi connectivity index (χ0n) is 14.2. The molecule has 2 aromatic carbocycles. The summed E-state index contributed by atoms with van der Waals surface area (Å²) in [7, 11) is -4.03. The predicted molar refractivity (Wildman–Crippen MR) is 101 cm³/mol. The maximum absolute atomic E-state index is 12.2. The van der Waals surface area contributed by atoms with E-state index in [0.717, 1.165) is 11.1 Å². The Balaban J connectivity index is 1.63. The van der Waals surface area contributed by atoms with E-state index in [1.165, 1.54) is 24.3 Å². The summed E-state index contributed by atoms with van der Waals surface area (Å²) in [6, 6.07) is 12.4. The third-order valence-electron chi connectivity index (χ3n) is 3.56. The van der Waals surface area contributed by atoms with E-state index in [1.807, 2.05) is 35.9 Å². The maximum Gasteiger partial charge on any atom is 0.335 e. The summed E-state index contributed by atoms with van der Waals surface area (Å²) in [6.07, 6.45) is 0.501. The van der Waals surface area contributed by atoms with Gasteiger partial charge in [-0.15, -0.1) is 5.10 Å². The molecule has 3 aromatic rings. The van der Waals surface area contributed by atoms with Crippen LogP contribution in [0.15, 0.2) is 53.4 Å². The molecule has 27 heavy (non-hydrogen) atoms. The lowest BCUT2D eigenvalue weighted by Gasteiger charge is -2.06. The fraction of sp³-hybridized carbons (Fsp3) is 0.118. The number of halogens is 1. The fourth-order valence-corrected chi connectivity index (χ4v) is 3.40. The van der Waals surface area contributed by atoms with Gasteiger partial charge < -0.3 is 0 Å². The standard InChI is InChI=1S/C17H16ClN5O3S/c1-11-3-2-4-12(9-11)10-15-19-16(22-21-15)20-17(24)23-27(25,26)14-7-5-13(18)6-8-14/h2-9H,10H2,1H3,(H3,19,20,21,22,23,24). The predicted octanol–water partition coefficient (Wildman–Crippen LogP) is 2.87. The van der Waals surface area contributed by atoms with E-state index in [9.17, 15) is 13.2 Å². The van der Waals surface area contributed by atoms with Gasteiger partial charge in [0.1, 0.15) is 5.82 Å². The van der Waals surface area contributed by atoms with Crippen molar-refractivity contribution >= 4 is 33.6 Å². The van der Waals surface area contributed by atoms with Gasteiger partial charge in [-0.1, -0.05) is 41.4 Å². The van der Waals surface area contributed by atoms with E-state index in [-0.39, 0.29) is 10.8 Å². The second-order valence-corrected chi connectivity index (χ2v) is 7.90. The highest BCUT2D eigenvalue weighted by molar-refractivity contribution is 7.90. The van der Waals surface area contributed by atoms with E-state index in [1.54, 1.807) is 0 Å². The third-order valence-corrected chi connectivity index (χ3v) is 5.16. The Hall–Kier alpha value is -2.91. The van der Waals surface area contributed by atoms with Crippen LogP contribution in [0.25, 0.3) is 0 Å². The van der Waals surface area contributed by atoms with Gasteiger partial charge in [-0.05, 0) is 36.8 Å². The zero-order chi connectivity index (χ0) is 19.4. The first-order chi connectivity index (χ1) is 12.8. The molecule has 0 spiro atoms. The second-order valence-electron chi connectivity index (χ2n) is 5.79. The quantitative estimate of drug-likeness (QED) is 0.603. The number of hydrogen-bond donors (Lipinski definition) is 3. The number of aromatic nitrogens is 3. The first-order valence-electron chi connectivity index (χ1n) is 7.88. The summed E-state index contributed by atoms with van der Waals surface area (Å²) < 4.78 is 26.2. The van der Waals surface area contributed by atoms with Crippen molar-refractivity contribution in [2.75, 3.05) is 5.32 Å². The van der Waals surface area contributed by atoms with Crippen LogP contribution in [0.5, 0.6) is 0 Å². The summed E-state index contributed by atoms with van der Waals surface area (Å²) in [6.45, 7) is 1.99. The lowest BCUT2D eigenvalue weighted by Crippen LogP contribution is -2.34. The van der Waals surface area contributed by atoms with Crippen LogP contribution in [0.3, 0.4) is 0 Å². The summed E-state index contributed by atoms with van der Waals surface area (Å²) >= 11 is 5.73. The Morgan fingerprint density at radius 3 is 2.63 bits per heavy atom. The number of carbonyl (C=O) groups excluding carboxylic acids is 1. The number of aromatic amines is 1. The highest BCUT2D eigenvalue weighted by atomic mass is 35.5. The normalized spacial score (nSPS) is 11.2. The van der Waals surface area contributed by atoms with Crippen molar-refractivity contribution in [3.8, 4) is 0 Å². The lowest BCUT2D eigenvalue weighted by molar-refractivity contribution is 0.256. The van der Waals surface area contributed by atoms with Gasteiger partial charge in [0, 0.05) is 11.4 Å². The van der Waals surface area contributed by atoms with Crippen molar-refractivity contribution < 1.29 is 13.2 Å². The van der Waals surface area contributed by atoms with Crippen LogP contribution in [0.1, 0.15) is 17.0 Å². The van der Waals surface area contributed by atoms with E-state index >= 15 is 0 Å². The van der Waals surface area contributed by atoms with Crippen molar-refractivity contribution in [1.82, 2.24) is 19.9 Å². The van der Waals surface area contributed by atoms with E-state index < -0.39 is 16.1 Å². The molecule has 0 radical (unpaired) electrons. The Morgan fingerprint density at radius 1 is 1.19 bits per heavy atom. The van der Waals surface area contributed by atoms with Crippen LogP contribution in [0, 0.1) is 6.92 Å². The SMILES string of the molecule is Cc1cccc(Cc2nc(NC(=O)NS(=O)(=O)c3ccc(Cl)cc3)n[nH]2)c1. The minimum Gasteiger partial charge on any atom is -0.274 e. The fourth-order valence-electron chi connectivity index (χ4n) is 2.37. The number of nitrogens with zero attached hydrogens (tertiary/aromatic N) is 2. The molecule has 140 valence electrons. The smallest absolute Gasteiger partial charge is 0.274 e. The molecule has 2 amide bonds. The molecule has 1 heterocycles. The van der Waals surface area contributed by atoms with Crippen molar-refractivity contribution in [2.45, 2.75) is 18.2 Å². The van der Waals surface area contributed by atoms with Gasteiger partial charge in [0.15, 0.2) is 0 Å². The molecule has 3 N–H and O–H groups in total. The number of anilines is 1. The molecule has 0 saturated heterocycles. The summed E-state index contributed by atoms with van der Waals surface area (Å²) in [5.74, 6) is 0.512. The van der Waals surface area contributed by atoms with Crippen LogP contribution in [-0.2, 0) is 16.4 Å². The third kappa shape index (κ3) is 5.05. The van der Waals surface area contributed by atoms with E-state index in [2.05, 4.69) is 20.5 Å². The van der Waals surface area contributed by atoms with Gasteiger partial charge in [-0.3, -0.25) is 10.4 Å². The van der Waals surface area contributed by atoms with Gasteiger partial charge in [-0.2, -0.15) is 4.98 Å². The van der Waals surface area contributed by atoms with Gasteiger partial charge in [0.2, 0.25) is 5.95 Å². The monoisotopic (exact) mass is 405 g/mol. The lowest BCUT2D eigenvalue weighted by atomic mass is 10.1. The number of urea groups is 1. The molecule has 0 aliphatic rings. The Morgan fingerprint density at radius 2 is 1.93 bits per heavy atom. The number of hydrogen-bond acceptors (Lipinski definition) is 5. The zero-order valence-corrected chi connectivity index (χ0v) is 15.8. The van der Waals surface area contributed by atoms with Crippen LogP contribution in [-0.4, -0.2) is 29.6 Å². The average molecular weight is 406 g/mol. The number of benzene rings is 2. The molecule has 0 fully saturated rings. The highest BCUT2D eigenvalue weighted by Gasteiger charge is 2.18. The molecule has 0 atom stereocenters. The molecule has 3 rings (SSSR count). The van der Waals surface area contributed by atoms with Crippen LogP contribution in [0.4, 0.5) is 10.7 Å². The molecular weight excluding hydrogens is 390 g/mol. The first kappa shape index (κ1) is 18.9. The molecule has 10 heteroatoms. The number of aryl methyl sites for hydroxylation is 1. The molecule has 0 unspecified atom stereocenters. The Kier molecular flexibility index (Phi) is 5.43. The van der Waals surface area contributed by atoms with Crippen molar-refractivity contribution in [2.24, 2.45) is 0 Å². The van der Waals surface area contributed by atoms with E-state index in [4.69, 9.17) is 11.6 Å². The molecule has 8 nitrogen and oxygen atoms in total. The summed E-state index contributed by atoms with van der Waals surface area (Å²) in [5.41, 5.74) is 2.16. The van der Waals surface area contributed by atoms with Crippen molar-refractivity contribution in [1.29, 1.82) is 0 Å². The minimum atomic E-state index is -4.03. The first-order valence-corrected chi connectivity index (χ1v) is 9.74. The largest absolute Gasteiger partial charge is 0.335 e. The molecular formula is C17H16ClN5O3S. The van der Waals surface area contributed by atoms with Crippen molar-refractivity contribution in [3.05, 3.63) is 70.5 Å². The number of rotatable bonds is 5. The topological polar surface area (TPSA) is 117 Å². The summed E-state index contributed by atoms with van der Waals surface area (Å²) in [4.78, 5) is 16.0. The molecule has 0 aliphatic carbocycles. The average Bonchev–Trinajstić information content (AvgIpc) is 3.01. The Labute approximate surface area is 161 Å². The number of amides is 2. The van der Waals surface area contributed by atoms with Gasteiger partial charge in [0.05, 0.1) is 4.90 Å². The van der Waals surface area contributed by atoms with Gasteiger partial charge in [0.25, 0.3) is 10.0 Å². The second kappa shape index (κ2) is 7.77. The van der Waals surface area contributed by atoms with E-state index in [0.29, 0.717) is 17.3 Å². The van der Waals surface area contributed by atoms with Crippen LogP contribution in [0.2, 0.25) is 5.02 Å². The highest BCUT2D eigenvalue weighted by Crippen LogP contribution is 2.14. The molecule has 0 bridgehead atoms. The van der Waals surface area contributed by atoms with Crippen molar-refractivity contribution in [3.63, 3.8) is 0 Å². The Bertz CT molecular complexity index is 1060. The number of H-pyrrole nitrogens is 1. The summed E-state index contributed by atoms with van der Waals surface area (Å²) in [5, 5.41) is 9.26. The van der Waals surface area contributed by atoms with Gasteiger partial charge >= 0.3 is 6.03 Å². The maximum atomic E-state index is 12.2. The number of carbonyl (C=O) groups is 1. The molecule has 1 aromatic heterocycles. The minimum absolute atomic E-state index is 0.0264.